The van der Waals surface area contributed by atoms with Crippen LogP contribution in [0.4, 0.5) is 0 Å². The van der Waals surface area contributed by atoms with E-state index in [1.807, 2.05) is 28.9 Å². The van der Waals surface area contributed by atoms with Gasteiger partial charge in [0, 0.05) is 0 Å². The average molecular weight is 312 g/mol. The summed E-state index contributed by atoms with van der Waals surface area (Å²) in [5.41, 5.74) is 1.09. The second-order valence-corrected chi connectivity index (χ2v) is 15.8. The summed E-state index contributed by atoms with van der Waals surface area (Å²) in [5, 5.41) is 0. The van der Waals surface area contributed by atoms with Crippen molar-refractivity contribution < 1.29 is 8.42 Å². The Bertz CT molecular complexity index is 379. The predicted octanol–water partition coefficient (Wildman–Crippen LogP) is 2.45. The summed E-state index contributed by atoms with van der Waals surface area (Å²) >= 11 is -1.82. The standard InChI is InChI=1S/C9H13IO2S/c1-8-4-6-9(7-5-8)13(11,12)10(2)3/h4-7H,1-3H3. The molecule has 0 unspecified atom stereocenters. The molecule has 0 aromatic heterocycles. The number of aryl methyl sites for hydroxylation is 1. The van der Waals surface area contributed by atoms with Crippen molar-refractivity contribution in [3.63, 3.8) is 0 Å². The molecule has 0 atom stereocenters. The van der Waals surface area contributed by atoms with Crippen molar-refractivity contribution in [3.05, 3.63) is 29.8 Å². The van der Waals surface area contributed by atoms with Crippen molar-refractivity contribution in [2.24, 2.45) is 0 Å². The van der Waals surface area contributed by atoms with Gasteiger partial charge in [-0.3, -0.25) is 0 Å². The van der Waals surface area contributed by atoms with Gasteiger partial charge in [0.25, 0.3) is 0 Å². The normalized spacial score (nSPS) is 12.7. The van der Waals surface area contributed by atoms with Crippen LogP contribution >= 0.6 is 18.4 Å². The maximum absolute atomic E-state index is 11.7. The summed E-state index contributed by atoms with van der Waals surface area (Å²) in [6.07, 6.45) is 0. The zero-order valence-corrected chi connectivity index (χ0v) is 10.9. The first kappa shape index (κ1) is 11.0. The van der Waals surface area contributed by atoms with Crippen LogP contribution in [0.25, 0.3) is 0 Å². The van der Waals surface area contributed by atoms with Crippen LogP contribution in [-0.4, -0.2) is 18.3 Å². The predicted molar refractivity (Wildman–Crippen MR) is 64.2 cm³/mol. The molecule has 0 heterocycles. The molecule has 0 aliphatic heterocycles. The first-order valence-electron chi connectivity index (χ1n) is 3.77. The van der Waals surface area contributed by atoms with E-state index < -0.39 is 25.4 Å². The molecular formula is C9H13IO2S. The molecule has 0 radical (unpaired) electrons. The van der Waals surface area contributed by atoms with Crippen LogP contribution in [0, 0.1) is 6.92 Å². The molecule has 1 aromatic carbocycles. The third-order valence-electron chi connectivity index (χ3n) is 1.71. The molecule has 0 amide bonds. The molecule has 0 aliphatic carbocycles. The van der Waals surface area contributed by atoms with Gasteiger partial charge >= 0.3 is 85.4 Å². The molecule has 0 spiro atoms. The monoisotopic (exact) mass is 312 g/mol. The third kappa shape index (κ3) is 2.43. The van der Waals surface area contributed by atoms with E-state index in [2.05, 4.69) is 0 Å². The van der Waals surface area contributed by atoms with E-state index >= 15 is 0 Å². The van der Waals surface area contributed by atoms with Gasteiger partial charge < -0.3 is 0 Å². The van der Waals surface area contributed by atoms with Crippen molar-refractivity contribution in [3.8, 4) is 0 Å². The zero-order chi connectivity index (χ0) is 10.1. The van der Waals surface area contributed by atoms with Gasteiger partial charge in [-0.25, -0.2) is 0 Å². The third-order valence-corrected chi connectivity index (χ3v) is 11.8. The minimum atomic E-state index is -2.94. The average Bonchev–Trinajstić information content (AvgIpc) is 2.04. The van der Waals surface area contributed by atoms with E-state index in [1.54, 1.807) is 12.1 Å². The Balaban J connectivity index is 3.17. The van der Waals surface area contributed by atoms with Gasteiger partial charge in [0.05, 0.1) is 0 Å². The van der Waals surface area contributed by atoms with Crippen LogP contribution in [0.15, 0.2) is 29.2 Å². The SMILES string of the molecule is Cc1ccc(S(=O)(=O)I(C)C)cc1. The molecule has 0 aliphatic rings. The van der Waals surface area contributed by atoms with Gasteiger partial charge in [0.15, 0.2) is 0 Å². The fourth-order valence-electron chi connectivity index (χ4n) is 0.879. The summed E-state index contributed by atoms with van der Waals surface area (Å²) in [5.74, 6) is 0. The molecule has 1 aromatic rings. The molecule has 0 N–H and O–H groups in total. The Morgan fingerprint density at radius 2 is 1.54 bits per heavy atom. The molecule has 0 fully saturated rings. The minimum absolute atomic E-state index is 0.480. The number of benzene rings is 1. The molecule has 13 heavy (non-hydrogen) atoms. The number of hydrogen-bond acceptors (Lipinski definition) is 2. The number of hydrogen-bond donors (Lipinski definition) is 0. The van der Waals surface area contributed by atoms with Crippen LogP contribution in [0.2, 0.25) is 0 Å². The fourth-order valence-corrected chi connectivity index (χ4v) is 5.63. The van der Waals surface area contributed by atoms with Crippen LogP contribution in [-0.2, 0) is 7.01 Å². The Morgan fingerprint density at radius 1 is 1.08 bits per heavy atom. The van der Waals surface area contributed by atoms with E-state index in [0.29, 0.717) is 4.90 Å². The van der Waals surface area contributed by atoms with Gasteiger partial charge in [0.1, 0.15) is 0 Å². The topological polar surface area (TPSA) is 34.1 Å². The van der Waals surface area contributed by atoms with E-state index in [-0.39, 0.29) is 0 Å². The summed E-state index contributed by atoms with van der Waals surface area (Å²) in [4.78, 5) is 4.17. The molecular weight excluding hydrogens is 299 g/mol. The number of rotatable bonds is 2. The van der Waals surface area contributed by atoms with Crippen molar-refractivity contribution in [2.75, 3.05) is 9.86 Å². The first-order chi connectivity index (χ1) is 5.94. The molecule has 0 saturated carbocycles. The van der Waals surface area contributed by atoms with E-state index in [1.165, 1.54) is 0 Å². The molecule has 74 valence electrons. The Labute approximate surface area is 85.1 Å². The molecule has 4 heteroatoms. The van der Waals surface area contributed by atoms with Gasteiger partial charge in [0.2, 0.25) is 0 Å². The second kappa shape index (κ2) is 3.96. The van der Waals surface area contributed by atoms with Crippen molar-refractivity contribution in [1.29, 1.82) is 0 Å². The quantitative estimate of drug-likeness (QED) is 0.477. The van der Waals surface area contributed by atoms with Crippen LogP contribution in [0.1, 0.15) is 5.56 Å². The second-order valence-electron chi connectivity index (χ2n) is 2.94. The molecule has 2 nitrogen and oxygen atoms in total. The van der Waals surface area contributed by atoms with Crippen LogP contribution in [0.3, 0.4) is 0 Å². The van der Waals surface area contributed by atoms with Crippen molar-refractivity contribution in [1.82, 2.24) is 0 Å². The van der Waals surface area contributed by atoms with Crippen LogP contribution < -0.4 is 0 Å². The Kier molecular flexibility index (Phi) is 3.34. The van der Waals surface area contributed by atoms with Gasteiger partial charge in [-0.15, -0.1) is 0 Å². The van der Waals surface area contributed by atoms with E-state index in [9.17, 15) is 8.42 Å². The number of alkyl halides is 2. The molecule has 0 bridgehead atoms. The molecule has 1 rings (SSSR count). The summed E-state index contributed by atoms with van der Waals surface area (Å²) in [7, 11) is -2.94. The van der Waals surface area contributed by atoms with Crippen molar-refractivity contribution in [2.45, 2.75) is 11.8 Å². The first-order valence-corrected chi connectivity index (χ1v) is 12.1. The zero-order valence-electron chi connectivity index (χ0n) is 7.91. The van der Waals surface area contributed by atoms with Gasteiger partial charge in [-0.1, -0.05) is 0 Å². The molecule has 0 saturated heterocycles. The van der Waals surface area contributed by atoms with Gasteiger partial charge in [-0.05, 0) is 0 Å². The van der Waals surface area contributed by atoms with E-state index in [4.69, 9.17) is 0 Å². The fraction of sp³-hybridized carbons (Fsp3) is 0.333. The maximum atomic E-state index is 11.7. The van der Waals surface area contributed by atoms with Crippen molar-refractivity contribution >= 4 is 25.4 Å². The Hall–Kier alpha value is -0.100. The Morgan fingerprint density at radius 3 is 1.92 bits per heavy atom. The van der Waals surface area contributed by atoms with E-state index in [0.717, 1.165) is 5.56 Å². The number of halogens is 1. The van der Waals surface area contributed by atoms with Crippen LogP contribution in [0.5, 0.6) is 0 Å². The summed E-state index contributed by atoms with van der Waals surface area (Å²) < 4.78 is 23.4. The summed E-state index contributed by atoms with van der Waals surface area (Å²) in [6, 6.07) is 7.07. The summed E-state index contributed by atoms with van der Waals surface area (Å²) in [6.45, 7) is 1.95. The van der Waals surface area contributed by atoms with Gasteiger partial charge in [-0.2, -0.15) is 0 Å².